The first-order valence-corrected chi connectivity index (χ1v) is 10.7. The first-order valence-electron chi connectivity index (χ1n) is 10.7. The highest BCUT2D eigenvalue weighted by atomic mass is 19.4. The Balaban J connectivity index is 0.00000281. The summed E-state index contributed by atoms with van der Waals surface area (Å²) in [7, 11) is 0. The Kier molecular flexibility index (Phi) is 9.90. The third-order valence-corrected chi connectivity index (χ3v) is 4.37. The molecule has 2 N–H and O–H groups in total. The Morgan fingerprint density at radius 1 is 1.15 bits per heavy atom. The molecular formula is C24H33F3N4O3. The van der Waals surface area contributed by atoms with Gasteiger partial charge in [0.1, 0.15) is 11.4 Å². The molecule has 0 saturated carbocycles. The maximum Gasteiger partial charge on any atom is 0.573 e. The van der Waals surface area contributed by atoms with E-state index in [1.165, 1.54) is 17.0 Å². The van der Waals surface area contributed by atoms with Crippen LogP contribution in [0.15, 0.2) is 57.7 Å². The lowest BCUT2D eigenvalue weighted by Gasteiger charge is -2.40. The van der Waals surface area contributed by atoms with E-state index >= 15 is 0 Å². The molecule has 1 amide bonds. The van der Waals surface area contributed by atoms with Crippen molar-refractivity contribution in [2.75, 3.05) is 13.1 Å². The lowest BCUT2D eigenvalue weighted by molar-refractivity contribution is -0.274. The van der Waals surface area contributed by atoms with Crippen LogP contribution in [0.5, 0.6) is 5.75 Å². The van der Waals surface area contributed by atoms with Crippen molar-refractivity contribution in [2.24, 2.45) is 21.6 Å². The van der Waals surface area contributed by atoms with Crippen LogP contribution in [0.1, 0.15) is 41.5 Å². The third-order valence-electron chi connectivity index (χ3n) is 4.37. The third kappa shape index (κ3) is 8.57. The van der Waals surface area contributed by atoms with Crippen LogP contribution in [-0.2, 0) is 4.74 Å². The summed E-state index contributed by atoms with van der Waals surface area (Å²) < 4.78 is 46.2. The summed E-state index contributed by atoms with van der Waals surface area (Å²) >= 11 is 0. The number of likely N-dealkylation sites (tertiary alicyclic amines) is 1. The zero-order chi connectivity index (χ0) is 26.3. The number of ether oxygens (including phenoxy) is 2. The lowest BCUT2D eigenvalue weighted by Crippen LogP contribution is -2.53. The normalized spacial score (nSPS) is 15.3. The van der Waals surface area contributed by atoms with Gasteiger partial charge in [0.25, 0.3) is 0 Å². The molecule has 1 aliphatic rings. The molecule has 0 unspecified atom stereocenters. The molecular weight excluding hydrogens is 449 g/mol. The minimum atomic E-state index is -4.78. The van der Waals surface area contributed by atoms with Crippen LogP contribution in [0.25, 0.3) is 0 Å². The summed E-state index contributed by atoms with van der Waals surface area (Å²) in [5.74, 6) is -0.338. The number of hydrogen-bond donors (Lipinski definition) is 1. The Morgan fingerprint density at radius 2 is 1.68 bits per heavy atom. The molecule has 1 aromatic carbocycles. The summed E-state index contributed by atoms with van der Waals surface area (Å²) in [6.07, 6.45) is -5.20. The fraction of sp³-hybridized carbons (Fsp3) is 0.458. The van der Waals surface area contributed by atoms with Gasteiger partial charge in [-0.05, 0) is 64.3 Å². The average Bonchev–Trinajstić information content (AvgIpc) is 2.66. The molecule has 7 nitrogen and oxygen atoms in total. The van der Waals surface area contributed by atoms with Gasteiger partial charge in [0.15, 0.2) is 5.84 Å². The van der Waals surface area contributed by atoms with Gasteiger partial charge in [-0.15, -0.1) is 13.2 Å². The number of carbonyl (C=O) groups excluding carboxylic acids is 1. The number of hydrogen-bond acceptors (Lipinski definition) is 5. The van der Waals surface area contributed by atoms with E-state index in [9.17, 15) is 18.0 Å². The van der Waals surface area contributed by atoms with E-state index in [-0.39, 0.29) is 17.5 Å². The smallest absolute Gasteiger partial charge is 0.444 e. The second-order valence-electron chi connectivity index (χ2n) is 8.33. The van der Waals surface area contributed by atoms with Crippen molar-refractivity contribution in [1.29, 1.82) is 0 Å². The number of aliphatic imine (C=N–C) groups is 2. The number of nitrogens with two attached hydrogens (primary N) is 1. The first kappa shape index (κ1) is 28.7. The molecule has 1 heterocycles. The van der Waals surface area contributed by atoms with E-state index in [2.05, 4.69) is 28.0 Å². The minimum absolute atomic E-state index is 0.149. The lowest BCUT2D eigenvalue weighted by atomic mass is 9.91. The predicted octanol–water partition coefficient (Wildman–Crippen LogP) is 6.00. The second kappa shape index (κ2) is 11.7. The van der Waals surface area contributed by atoms with Crippen LogP contribution in [-0.4, -0.2) is 48.6 Å². The van der Waals surface area contributed by atoms with Crippen LogP contribution in [0.2, 0.25) is 0 Å². The number of amides is 1. The molecule has 0 radical (unpaired) electrons. The number of benzene rings is 1. The van der Waals surface area contributed by atoms with Crippen LogP contribution >= 0.6 is 0 Å². The van der Waals surface area contributed by atoms with Gasteiger partial charge < -0.3 is 20.1 Å². The van der Waals surface area contributed by atoms with E-state index in [0.717, 1.165) is 12.1 Å². The van der Waals surface area contributed by atoms with Crippen LogP contribution in [0, 0.1) is 5.92 Å². The topological polar surface area (TPSA) is 89.5 Å². The van der Waals surface area contributed by atoms with Crippen molar-refractivity contribution >= 4 is 24.3 Å². The van der Waals surface area contributed by atoms with Gasteiger partial charge in [0.05, 0.1) is 5.69 Å². The molecule has 1 aliphatic heterocycles. The van der Waals surface area contributed by atoms with Crippen LogP contribution in [0.3, 0.4) is 0 Å². The van der Waals surface area contributed by atoms with E-state index in [0.29, 0.717) is 35.6 Å². The maximum atomic E-state index is 12.3. The van der Waals surface area contributed by atoms with Crippen molar-refractivity contribution in [1.82, 2.24) is 4.90 Å². The number of nitrogens with zero attached hydrogens (tertiary/aromatic N) is 3. The quantitative estimate of drug-likeness (QED) is 0.317. The van der Waals surface area contributed by atoms with Gasteiger partial charge >= 0.3 is 12.5 Å². The zero-order valence-corrected chi connectivity index (χ0v) is 20.5. The van der Waals surface area contributed by atoms with Gasteiger partial charge in [-0.1, -0.05) is 20.4 Å². The summed E-state index contributed by atoms with van der Waals surface area (Å²) in [6, 6.07) is 4.99. The van der Waals surface area contributed by atoms with E-state index < -0.39 is 18.1 Å². The van der Waals surface area contributed by atoms with Crippen LogP contribution < -0.4 is 10.5 Å². The molecule has 188 valence electrons. The Hall–Kier alpha value is -3.30. The van der Waals surface area contributed by atoms with Gasteiger partial charge in [-0.25, -0.2) is 14.8 Å². The van der Waals surface area contributed by atoms with E-state index in [1.807, 2.05) is 13.8 Å². The highest BCUT2D eigenvalue weighted by Crippen LogP contribution is 2.29. The Bertz CT molecular complexity index is 940. The zero-order valence-electron chi connectivity index (χ0n) is 20.5. The van der Waals surface area contributed by atoms with Gasteiger partial charge in [0, 0.05) is 30.3 Å². The molecule has 2 rings (SSSR count). The van der Waals surface area contributed by atoms with Crippen molar-refractivity contribution < 1.29 is 27.4 Å². The van der Waals surface area contributed by atoms with Crippen molar-refractivity contribution in [3.05, 3.63) is 47.7 Å². The van der Waals surface area contributed by atoms with E-state index in [1.54, 1.807) is 27.7 Å². The van der Waals surface area contributed by atoms with Crippen molar-refractivity contribution in [3.8, 4) is 5.75 Å². The molecule has 1 aromatic rings. The first-order chi connectivity index (χ1) is 15.7. The molecule has 0 aromatic heterocycles. The highest BCUT2D eigenvalue weighted by molar-refractivity contribution is 6.06. The maximum absolute atomic E-state index is 12.3. The summed E-state index contributed by atoms with van der Waals surface area (Å²) in [5, 5.41) is 0. The molecule has 0 aliphatic carbocycles. The standard InChI is InChI=1S/C22H27F3N4O3.C2H6/c1-13(2)17(18(26)14-11-29(12-14)20(30)32-21(3,4)5)19(27-6)28-15-7-9-16(10-8-15)31-22(23,24)25;1-2/h7-10,14H,1,6,11-12,26H2,2-5H3;1-2H3/b18-17-,28-19?;. The van der Waals surface area contributed by atoms with Gasteiger partial charge in [-0.3, -0.25) is 0 Å². The summed E-state index contributed by atoms with van der Waals surface area (Å²) in [6.45, 7) is 19.3. The summed E-state index contributed by atoms with van der Waals surface area (Å²) in [5.41, 5.74) is 7.60. The van der Waals surface area contributed by atoms with Crippen molar-refractivity contribution in [2.45, 2.75) is 53.5 Å². The number of amidine groups is 1. The fourth-order valence-corrected chi connectivity index (χ4v) is 2.94. The van der Waals surface area contributed by atoms with Crippen molar-refractivity contribution in [3.63, 3.8) is 0 Å². The molecule has 0 bridgehead atoms. The molecule has 1 saturated heterocycles. The molecule has 34 heavy (non-hydrogen) atoms. The largest absolute Gasteiger partial charge is 0.573 e. The molecule has 1 fully saturated rings. The predicted molar refractivity (Wildman–Crippen MR) is 128 cm³/mol. The Morgan fingerprint density at radius 3 is 2.09 bits per heavy atom. The number of alkyl halides is 3. The molecule has 0 spiro atoms. The second-order valence-corrected chi connectivity index (χ2v) is 8.33. The summed E-state index contributed by atoms with van der Waals surface area (Å²) in [4.78, 5) is 22.0. The monoisotopic (exact) mass is 482 g/mol. The van der Waals surface area contributed by atoms with E-state index in [4.69, 9.17) is 10.5 Å². The SMILES string of the molecule is C=NC(=Nc1ccc(OC(F)(F)F)cc1)/C(C(=C)C)=C(\N)C1CN(C(=O)OC(C)(C)C)C1.CC. The number of rotatable bonds is 5. The fourth-order valence-electron chi connectivity index (χ4n) is 2.94. The highest BCUT2D eigenvalue weighted by Gasteiger charge is 2.36. The number of halogens is 3. The Labute approximate surface area is 198 Å². The van der Waals surface area contributed by atoms with Crippen LogP contribution in [0.4, 0.5) is 23.7 Å². The minimum Gasteiger partial charge on any atom is -0.444 e. The molecule has 10 heteroatoms. The van der Waals surface area contributed by atoms with Gasteiger partial charge in [-0.2, -0.15) is 0 Å². The number of carbonyl (C=O) groups is 1. The van der Waals surface area contributed by atoms with Gasteiger partial charge in [0.2, 0.25) is 0 Å². The average molecular weight is 483 g/mol. The molecule has 0 atom stereocenters.